The Morgan fingerprint density at radius 2 is 1.86 bits per heavy atom. The second-order valence-corrected chi connectivity index (χ2v) is 6.04. The molecule has 4 rings (SSSR count). The van der Waals surface area contributed by atoms with Gasteiger partial charge < -0.3 is 5.73 Å². The van der Waals surface area contributed by atoms with Gasteiger partial charge in [-0.15, -0.1) is 11.3 Å². The summed E-state index contributed by atoms with van der Waals surface area (Å²) in [7, 11) is 0. The van der Waals surface area contributed by atoms with Gasteiger partial charge in [-0.3, -0.25) is 0 Å². The number of hydrogen-bond acceptors (Lipinski definition) is 2. The molecule has 1 nitrogen and oxygen atoms in total. The summed E-state index contributed by atoms with van der Waals surface area (Å²) < 4.78 is 0.955. The lowest BCUT2D eigenvalue weighted by Crippen LogP contribution is -2.21. The summed E-state index contributed by atoms with van der Waals surface area (Å²) in [5, 5.41) is 0. The summed E-state index contributed by atoms with van der Waals surface area (Å²) in [6, 6.07) is 0. The number of fused-ring (bicyclic) bond motifs is 2. The number of rotatable bonds is 1. The highest BCUT2D eigenvalue weighted by Gasteiger charge is 2.36. The summed E-state index contributed by atoms with van der Waals surface area (Å²) in [6.07, 6.45) is 5.46. The van der Waals surface area contributed by atoms with Gasteiger partial charge in [0, 0.05) is 11.4 Å². The number of halogens is 1. The Morgan fingerprint density at radius 1 is 1.21 bits per heavy atom. The van der Waals surface area contributed by atoms with Crippen LogP contribution >= 0.6 is 22.9 Å². The second kappa shape index (κ2) is 3.22. The normalized spacial score (nSPS) is 29.3. The van der Waals surface area contributed by atoms with Crippen molar-refractivity contribution in [1.82, 2.24) is 0 Å². The van der Waals surface area contributed by atoms with E-state index in [0.29, 0.717) is 6.54 Å². The molecule has 3 aliphatic carbocycles. The van der Waals surface area contributed by atoms with Crippen molar-refractivity contribution < 1.29 is 0 Å². The van der Waals surface area contributed by atoms with Gasteiger partial charge in [0.15, 0.2) is 0 Å². The van der Waals surface area contributed by atoms with Crippen LogP contribution in [0.5, 0.6) is 0 Å². The third kappa shape index (κ3) is 1.11. The van der Waals surface area contributed by atoms with Crippen LogP contribution in [0.25, 0.3) is 0 Å². The lowest BCUT2D eigenvalue weighted by atomic mass is 9.70. The average Bonchev–Trinajstić information content (AvgIpc) is 2.57. The van der Waals surface area contributed by atoms with E-state index in [1.54, 1.807) is 21.8 Å². The zero-order valence-corrected chi connectivity index (χ0v) is 9.63. The second-order valence-electron chi connectivity index (χ2n) is 4.38. The molecule has 1 aromatic rings. The fourth-order valence-corrected chi connectivity index (χ4v) is 4.79. The molecule has 76 valence electrons. The molecule has 0 aliphatic heterocycles. The van der Waals surface area contributed by atoms with Crippen LogP contribution in [-0.2, 0) is 6.54 Å². The van der Waals surface area contributed by atoms with Gasteiger partial charge in [-0.2, -0.15) is 0 Å². The monoisotopic (exact) mass is 227 g/mol. The van der Waals surface area contributed by atoms with E-state index in [9.17, 15) is 0 Å². The molecule has 1 aromatic heterocycles. The van der Waals surface area contributed by atoms with E-state index < -0.39 is 0 Å². The molecule has 0 unspecified atom stereocenters. The van der Waals surface area contributed by atoms with Gasteiger partial charge in [-0.1, -0.05) is 11.6 Å². The molecule has 1 fully saturated rings. The highest BCUT2D eigenvalue weighted by atomic mass is 35.5. The van der Waals surface area contributed by atoms with Crippen molar-refractivity contribution in [2.24, 2.45) is 5.73 Å². The first-order valence-electron chi connectivity index (χ1n) is 5.32. The van der Waals surface area contributed by atoms with Crippen molar-refractivity contribution in [2.75, 3.05) is 0 Å². The van der Waals surface area contributed by atoms with Crippen molar-refractivity contribution in [3.63, 3.8) is 0 Å². The zero-order valence-electron chi connectivity index (χ0n) is 8.05. The third-order valence-electron chi connectivity index (χ3n) is 3.74. The third-order valence-corrected chi connectivity index (χ3v) is 5.40. The fraction of sp³-hybridized carbons (Fsp3) is 0.636. The van der Waals surface area contributed by atoms with E-state index in [0.717, 1.165) is 16.2 Å². The van der Waals surface area contributed by atoms with Gasteiger partial charge in [-0.05, 0) is 48.6 Å². The first-order chi connectivity index (χ1) is 6.81. The van der Waals surface area contributed by atoms with Gasteiger partial charge in [0.2, 0.25) is 0 Å². The first kappa shape index (κ1) is 9.20. The van der Waals surface area contributed by atoms with Crippen LogP contribution in [0.4, 0.5) is 0 Å². The molecule has 3 heteroatoms. The van der Waals surface area contributed by atoms with E-state index in [1.807, 2.05) is 0 Å². The minimum absolute atomic E-state index is 0.619. The minimum Gasteiger partial charge on any atom is -0.326 e. The molecule has 1 heterocycles. The number of thiophene rings is 1. The summed E-state index contributed by atoms with van der Waals surface area (Å²) in [5.41, 5.74) is 8.57. The van der Waals surface area contributed by atoms with E-state index in [2.05, 4.69) is 0 Å². The van der Waals surface area contributed by atoms with E-state index in [1.165, 1.54) is 31.2 Å². The smallest absolute Gasteiger partial charge is 0.0979 e. The Bertz CT molecular complexity index is 364. The molecule has 0 atom stereocenters. The predicted octanol–water partition coefficient (Wildman–Crippen LogP) is 3.62. The van der Waals surface area contributed by atoms with Gasteiger partial charge >= 0.3 is 0 Å². The van der Waals surface area contributed by atoms with Crippen LogP contribution in [0.2, 0.25) is 4.34 Å². The highest BCUT2D eigenvalue weighted by molar-refractivity contribution is 7.16. The average molecular weight is 228 g/mol. The molecular weight excluding hydrogens is 214 g/mol. The topological polar surface area (TPSA) is 26.0 Å². The SMILES string of the molecule is NCc1c(Cl)sc2c1C1CCC2CC1. The summed E-state index contributed by atoms with van der Waals surface area (Å²) >= 11 is 8.02. The standard InChI is InChI=1S/C11H14ClNS/c12-11-8(5-13)9-6-1-3-7(4-2-6)10(9)14-11/h6-7H,1-5,13H2. The van der Waals surface area contributed by atoms with Crippen molar-refractivity contribution in [2.45, 2.75) is 44.1 Å². The maximum Gasteiger partial charge on any atom is 0.0979 e. The summed E-state index contributed by atoms with van der Waals surface area (Å²) in [5.74, 6) is 1.58. The van der Waals surface area contributed by atoms with E-state index in [-0.39, 0.29) is 0 Å². The minimum atomic E-state index is 0.619. The molecule has 14 heavy (non-hydrogen) atoms. The van der Waals surface area contributed by atoms with E-state index >= 15 is 0 Å². The van der Waals surface area contributed by atoms with Crippen molar-refractivity contribution in [3.05, 3.63) is 20.3 Å². The summed E-state index contributed by atoms with van der Waals surface area (Å²) in [4.78, 5) is 1.57. The maximum absolute atomic E-state index is 6.23. The molecular formula is C11H14ClNS. The van der Waals surface area contributed by atoms with Crippen LogP contribution < -0.4 is 5.73 Å². The van der Waals surface area contributed by atoms with Crippen LogP contribution in [0.1, 0.15) is 53.5 Å². The van der Waals surface area contributed by atoms with Crippen molar-refractivity contribution in [1.29, 1.82) is 0 Å². The molecule has 0 spiro atoms. The van der Waals surface area contributed by atoms with Gasteiger partial charge in [0.1, 0.15) is 0 Å². The number of hydrogen-bond donors (Lipinski definition) is 1. The molecule has 1 saturated carbocycles. The van der Waals surface area contributed by atoms with Crippen molar-refractivity contribution in [3.8, 4) is 0 Å². The fourth-order valence-electron chi connectivity index (χ4n) is 3.05. The Labute approximate surface area is 93.3 Å². The van der Waals surface area contributed by atoms with Crippen molar-refractivity contribution >= 4 is 22.9 Å². The van der Waals surface area contributed by atoms with Gasteiger partial charge in [0.05, 0.1) is 4.34 Å². The molecule has 3 aliphatic rings. The predicted molar refractivity (Wildman–Crippen MR) is 61.2 cm³/mol. The lowest BCUT2D eigenvalue weighted by Gasteiger charge is -2.36. The Balaban J connectivity index is 2.19. The Morgan fingerprint density at radius 3 is 2.50 bits per heavy atom. The molecule has 0 amide bonds. The lowest BCUT2D eigenvalue weighted by molar-refractivity contribution is 0.363. The molecule has 0 radical (unpaired) electrons. The van der Waals surface area contributed by atoms with Crippen LogP contribution in [0.3, 0.4) is 0 Å². The zero-order chi connectivity index (χ0) is 9.71. The Kier molecular flexibility index (Phi) is 2.12. The maximum atomic E-state index is 6.23. The van der Waals surface area contributed by atoms with Crippen LogP contribution in [0, 0.1) is 0 Å². The van der Waals surface area contributed by atoms with E-state index in [4.69, 9.17) is 17.3 Å². The molecule has 0 aromatic carbocycles. The van der Waals surface area contributed by atoms with Gasteiger partial charge in [-0.25, -0.2) is 0 Å². The Hall–Kier alpha value is -0.0500. The molecule has 2 bridgehead atoms. The highest BCUT2D eigenvalue weighted by Crippen LogP contribution is 2.55. The molecule has 0 saturated heterocycles. The van der Waals surface area contributed by atoms with Gasteiger partial charge in [0.25, 0.3) is 0 Å². The first-order valence-corrected chi connectivity index (χ1v) is 6.51. The largest absolute Gasteiger partial charge is 0.326 e. The summed E-state index contributed by atoms with van der Waals surface area (Å²) in [6.45, 7) is 0.619. The van der Waals surface area contributed by atoms with Crippen LogP contribution in [-0.4, -0.2) is 0 Å². The van der Waals surface area contributed by atoms with Crippen LogP contribution in [0.15, 0.2) is 0 Å². The number of nitrogens with two attached hydrogens (primary N) is 1. The quantitative estimate of drug-likeness (QED) is 0.779. The molecule has 2 N–H and O–H groups in total.